The minimum Gasteiger partial charge on any atom is -0.463 e. The third-order valence-corrected chi connectivity index (χ3v) is 20.1. The largest absolute Gasteiger partial charge is 0.463 e. The van der Waals surface area contributed by atoms with Gasteiger partial charge in [0.15, 0.2) is 5.41 Å². The first-order valence-electron chi connectivity index (χ1n) is 30.3. The molecule has 0 spiro atoms. The zero-order valence-corrected chi connectivity index (χ0v) is 52.9. The molecule has 0 aromatic rings. The quantitative estimate of drug-likeness (QED) is 0.0798. The second kappa shape index (κ2) is 29.1. The Balaban J connectivity index is 0.000000345. The predicted octanol–water partition coefficient (Wildman–Crippen LogP) is 15.5. The van der Waals surface area contributed by atoms with Gasteiger partial charge >= 0.3 is 73.1 Å². The van der Waals surface area contributed by atoms with Gasteiger partial charge in [-0.15, -0.1) is 0 Å². The van der Waals surface area contributed by atoms with Crippen LogP contribution in [0.5, 0.6) is 0 Å². The van der Waals surface area contributed by atoms with Crippen LogP contribution < -0.4 is 0 Å². The molecule has 6 rings (SSSR count). The summed E-state index contributed by atoms with van der Waals surface area (Å²) < 4.78 is 302. The first kappa shape index (κ1) is 83.0. The maximum Gasteiger partial charge on any atom is 0.426 e. The first-order chi connectivity index (χ1) is 41.7. The Labute approximate surface area is 523 Å². The second-order valence-corrected chi connectivity index (χ2v) is 27.1. The second-order valence-electron chi connectivity index (χ2n) is 27.1. The van der Waals surface area contributed by atoms with Crippen LogP contribution in [0.15, 0.2) is 0 Å². The molecule has 1 aliphatic heterocycles. The predicted molar refractivity (Wildman–Crippen MR) is 283 cm³/mol. The Morgan fingerprint density at radius 2 is 0.763 bits per heavy atom. The minimum absolute atomic E-state index is 0.0251. The molecule has 5 saturated carbocycles. The average Bonchev–Trinajstić information content (AvgIpc) is 1.33. The van der Waals surface area contributed by atoms with Gasteiger partial charge in [-0.1, -0.05) is 34.1 Å². The van der Waals surface area contributed by atoms with Crippen molar-refractivity contribution >= 4 is 29.8 Å². The highest BCUT2D eigenvalue weighted by molar-refractivity contribution is 5.83. The Kier molecular flexibility index (Phi) is 25.9. The van der Waals surface area contributed by atoms with Crippen LogP contribution in [-0.4, -0.2) is 136 Å². The molecule has 13 nitrogen and oxygen atoms in total. The van der Waals surface area contributed by atoms with E-state index in [1.165, 1.54) is 25.7 Å². The Hall–Kier alpha value is -4.24. The van der Waals surface area contributed by atoms with Gasteiger partial charge in [0.25, 0.3) is 16.8 Å². The van der Waals surface area contributed by atoms with E-state index >= 15 is 0 Å². The van der Waals surface area contributed by atoms with E-state index in [9.17, 15) is 131 Å². The lowest BCUT2D eigenvalue weighted by Crippen LogP contribution is -2.67. The normalized spacial score (nSPS) is 27.6. The number of halogens is 21. The van der Waals surface area contributed by atoms with Crippen molar-refractivity contribution < 1.29 is 155 Å². The summed E-state index contributed by atoms with van der Waals surface area (Å²) in [6.07, 6.45) is -47.8. The van der Waals surface area contributed by atoms with Crippen molar-refractivity contribution in [1.82, 2.24) is 0 Å². The van der Waals surface area contributed by atoms with E-state index in [0.717, 1.165) is 37.5 Å². The van der Waals surface area contributed by atoms with E-state index in [1.807, 2.05) is 20.8 Å². The van der Waals surface area contributed by atoms with Gasteiger partial charge in [0, 0.05) is 24.2 Å². The van der Waals surface area contributed by atoms with Crippen LogP contribution in [0.3, 0.4) is 0 Å². The maximum absolute atomic E-state index is 13.3. The number of alkyl halides is 21. The summed E-state index contributed by atoms with van der Waals surface area (Å²) in [6.45, 7) is 17.9. The van der Waals surface area contributed by atoms with E-state index in [0.29, 0.717) is 31.8 Å². The van der Waals surface area contributed by atoms with E-state index in [1.54, 1.807) is 34.6 Å². The van der Waals surface area contributed by atoms with E-state index in [2.05, 4.69) is 11.7 Å². The third-order valence-electron chi connectivity index (χ3n) is 20.1. The van der Waals surface area contributed by atoms with Crippen molar-refractivity contribution in [3.63, 3.8) is 0 Å². The van der Waals surface area contributed by atoms with E-state index in [4.69, 9.17) is 18.9 Å². The molecule has 93 heavy (non-hydrogen) atoms. The molecule has 0 aromatic heterocycles. The van der Waals surface area contributed by atoms with Crippen molar-refractivity contribution in [2.24, 2.45) is 63.1 Å². The number of rotatable bonds is 15. The van der Waals surface area contributed by atoms with Crippen LogP contribution >= 0.6 is 0 Å². The van der Waals surface area contributed by atoms with Crippen molar-refractivity contribution in [2.75, 3.05) is 6.61 Å². The van der Waals surface area contributed by atoms with Crippen molar-refractivity contribution in [2.45, 2.75) is 270 Å². The molecule has 5 aliphatic carbocycles. The molecule has 0 radical (unpaired) electrons. The number of hydrogen-bond acceptors (Lipinski definition) is 13. The summed E-state index contributed by atoms with van der Waals surface area (Å²) in [5, 5.41) is 28.5. The molecule has 1 heterocycles. The monoisotopic (exact) mass is 1400 g/mol. The highest BCUT2D eigenvalue weighted by Crippen LogP contribution is 2.61. The van der Waals surface area contributed by atoms with Crippen molar-refractivity contribution in [3.05, 3.63) is 0 Å². The number of ether oxygens (including phenoxy) is 5. The molecule has 6 aliphatic rings. The standard InChI is InChI=1S/C18H19F15O4.C16H26O2.C15H22F6O3.C10H16O4/c1-3-11(2,14(19,20)21)10(34)37-9-5-7(12(35,15(22,23)24)16(25,26)27)4-8(6-9)13(36,17(28,29)30)18(31,32)33;1-4-16(2,3)15(17)18-14-9-10-8-13(14)12-7-5-6-11(10)12;1-4-12(2,3)11(22)24-10-7-5-9(6-8-10)13(23,14(16,17)18)15(19,20)21;1-4-10(2,3)9(12)14-7-5-6-13-8(7)11/h7-9,35-36H,3-6H2,1-2H3;10-14H,4-9H2,1-3H3;9-10,23H,4-8H2,1-3H3;7H,4-6H2,1-3H3. The highest BCUT2D eigenvalue weighted by Gasteiger charge is 2.79. The number of hydrogen-bond donors (Lipinski definition) is 3. The summed E-state index contributed by atoms with van der Waals surface area (Å²) in [5.41, 5.74) is -21.8. The molecule has 34 heteroatoms. The van der Waals surface area contributed by atoms with Crippen LogP contribution in [0, 0.1) is 63.1 Å². The van der Waals surface area contributed by atoms with Crippen LogP contribution in [0.1, 0.15) is 185 Å². The molecular formula is C59H83F21O13. The molecular weight excluding hydrogens is 1320 g/mol. The number of cyclic esters (lactones) is 1. The van der Waals surface area contributed by atoms with Gasteiger partial charge in [0.1, 0.15) is 18.3 Å². The number of aliphatic hydroxyl groups is 3. The third kappa shape index (κ3) is 17.7. The smallest absolute Gasteiger partial charge is 0.426 e. The van der Waals surface area contributed by atoms with Gasteiger partial charge in [-0.3, -0.25) is 19.2 Å². The average molecular weight is 1400 g/mol. The number of carbonyl (C=O) groups is 5. The molecule has 2 bridgehead atoms. The number of esters is 5. The van der Waals surface area contributed by atoms with Crippen molar-refractivity contribution in [3.8, 4) is 0 Å². The summed E-state index contributed by atoms with van der Waals surface area (Å²) in [7, 11) is 0. The van der Waals surface area contributed by atoms with Gasteiger partial charge < -0.3 is 39.0 Å². The summed E-state index contributed by atoms with van der Waals surface area (Å²) in [5.74, 6) is -9.61. The Bertz CT molecular complexity index is 2440. The fourth-order valence-corrected chi connectivity index (χ4v) is 12.3. The summed E-state index contributed by atoms with van der Waals surface area (Å²) in [4.78, 5) is 58.9. The molecule has 1 saturated heterocycles. The lowest BCUT2D eigenvalue weighted by atomic mass is 9.65. The van der Waals surface area contributed by atoms with Crippen LogP contribution in [0.2, 0.25) is 0 Å². The van der Waals surface area contributed by atoms with Gasteiger partial charge in [0.05, 0.1) is 22.9 Å². The minimum atomic E-state index is -6.77. The highest BCUT2D eigenvalue weighted by atomic mass is 19.4. The molecule has 544 valence electrons. The Morgan fingerprint density at radius 1 is 0.398 bits per heavy atom. The van der Waals surface area contributed by atoms with Crippen LogP contribution in [-0.2, 0) is 47.7 Å². The topological polar surface area (TPSA) is 192 Å². The van der Waals surface area contributed by atoms with Gasteiger partial charge in [-0.05, 0) is 168 Å². The zero-order chi connectivity index (χ0) is 72.5. The molecule has 0 amide bonds. The molecule has 9 unspecified atom stereocenters. The van der Waals surface area contributed by atoms with E-state index in [-0.39, 0.29) is 43.2 Å². The molecule has 0 aromatic carbocycles. The Morgan fingerprint density at radius 3 is 1.12 bits per heavy atom. The summed E-state index contributed by atoms with van der Waals surface area (Å²) in [6, 6.07) is 0. The van der Waals surface area contributed by atoms with Crippen molar-refractivity contribution in [1.29, 1.82) is 0 Å². The number of carbonyl (C=O) groups excluding carboxylic acids is 5. The maximum atomic E-state index is 13.3. The van der Waals surface area contributed by atoms with Gasteiger partial charge in [-0.25, -0.2) is 4.79 Å². The lowest BCUT2D eigenvalue weighted by Gasteiger charge is -2.48. The van der Waals surface area contributed by atoms with Gasteiger partial charge in [0.2, 0.25) is 6.10 Å². The fourth-order valence-electron chi connectivity index (χ4n) is 12.3. The first-order valence-corrected chi connectivity index (χ1v) is 30.3. The summed E-state index contributed by atoms with van der Waals surface area (Å²) >= 11 is 0. The fraction of sp³-hybridized carbons (Fsp3) is 0.915. The van der Waals surface area contributed by atoms with Gasteiger partial charge in [-0.2, -0.15) is 92.2 Å². The number of fused-ring (bicyclic) bond motifs is 5. The zero-order valence-electron chi connectivity index (χ0n) is 52.9. The van der Waals surface area contributed by atoms with E-state index < -0.39 is 169 Å². The molecule has 9 atom stereocenters. The molecule has 6 fully saturated rings. The lowest BCUT2D eigenvalue weighted by molar-refractivity contribution is -0.405. The van der Waals surface area contributed by atoms with Crippen LogP contribution in [0.25, 0.3) is 0 Å². The van der Waals surface area contributed by atoms with Crippen LogP contribution in [0.4, 0.5) is 92.2 Å². The SMILES string of the molecule is CCC(C)(C(=O)OC1CC(C(O)(C(F)(F)F)C(F)(F)F)CC(C(O)(C(F)(F)F)C(F)(F)F)C1)C(F)(F)F.CCC(C)(C)C(=O)OC1CC2CC1C1CCCC21.CCC(C)(C)C(=O)OC1CCC(C(O)(C(F)(F)F)C(F)(F)F)CC1.CCC(C)(C)C(=O)OC1CCOC1=O. The molecule has 3 N–H and O–H groups in total.